The maximum Gasteiger partial charge on any atom is 0.0991 e. The zero-order valence-corrected chi connectivity index (χ0v) is 12.6. The molecule has 0 aliphatic heterocycles. The highest BCUT2D eigenvalue weighted by Crippen LogP contribution is 2.16. The highest BCUT2D eigenvalue weighted by Gasteiger charge is 2.17. The summed E-state index contributed by atoms with van der Waals surface area (Å²) in [6.07, 6.45) is 0. The van der Waals surface area contributed by atoms with Gasteiger partial charge in [-0.1, -0.05) is 26.0 Å². The molecule has 0 fully saturated rings. The number of likely N-dealkylation sites (N-methyl/N-ethyl adjacent to an activating group) is 1. The lowest BCUT2D eigenvalue weighted by atomic mass is 10.00. The monoisotopic (exact) mass is 259 g/mol. The fraction of sp³-hybridized carbons (Fsp3) is 0.562. The molecule has 1 rings (SSSR count). The van der Waals surface area contributed by atoms with E-state index in [1.165, 1.54) is 5.56 Å². The molecule has 0 spiro atoms. The topological polar surface area (TPSA) is 39.1 Å². The summed E-state index contributed by atoms with van der Waals surface area (Å²) < 4.78 is 0. The molecule has 2 atom stereocenters. The molecule has 1 N–H and O–H groups in total. The summed E-state index contributed by atoms with van der Waals surface area (Å²) in [5, 5.41) is 12.6. The molecule has 2 unspecified atom stereocenters. The van der Waals surface area contributed by atoms with Crippen LogP contribution in [0.3, 0.4) is 0 Å². The van der Waals surface area contributed by atoms with Gasteiger partial charge in [-0.05, 0) is 44.6 Å². The summed E-state index contributed by atoms with van der Waals surface area (Å²) >= 11 is 0. The summed E-state index contributed by atoms with van der Waals surface area (Å²) in [6.45, 7) is 7.64. The Hall–Kier alpha value is -1.37. The molecule has 0 aromatic heterocycles. The van der Waals surface area contributed by atoms with Crippen LogP contribution < -0.4 is 5.32 Å². The Kier molecular flexibility index (Phi) is 6.01. The molecule has 0 aliphatic carbocycles. The molecule has 0 amide bonds. The first-order valence-corrected chi connectivity index (χ1v) is 6.85. The highest BCUT2D eigenvalue weighted by molar-refractivity contribution is 5.34. The van der Waals surface area contributed by atoms with E-state index in [2.05, 4.69) is 57.2 Å². The third-order valence-electron chi connectivity index (χ3n) is 3.35. The fourth-order valence-electron chi connectivity index (χ4n) is 2.14. The molecular weight excluding hydrogens is 234 g/mol. The van der Waals surface area contributed by atoms with Crippen LogP contribution in [-0.2, 0) is 0 Å². The molecule has 3 heteroatoms. The minimum Gasteiger partial charge on any atom is -0.308 e. The quantitative estimate of drug-likeness (QED) is 0.854. The average Bonchev–Trinajstić information content (AvgIpc) is 2.37. The summed E-state index contributed by atoms with van der Waals surface area (Å²) in [4.78, 5) is 2.20. The van der Waals surface area contributed by atoms with Gasteiger partial charge in [-0.15, -0.1) is 0 Å². The number of rotatable bonds is 6. The normalized spacial score (nSPS) is 14.4. The average molecular weight is 259 g/mol. The lowest BCUT2D eigenvalue weighted by Gasteiger charge is -2.29. The molecule has 0 radical (unpaired) electrons. The zero-order chi connectivity index (χ0) is 14.4. The van der Waals surface area contributed by atoms with Crippen LogP contribution >= 0.6 is 0 Å². The maximum absolute atomic E-state index is 8.96. The third-order valence-corrected chi connectivity index (χ3v) is 3.35. The molecule has 1 aromatic rings. The maximum atomic E-state index is 8.96. The first kappa shape index (κ1) is 15.7. The van der Waals surface area contributed by atoms with Crippen LogP contribution in [0.2, 0.25) is 0 Å². The van der Waals surface area contributed by atoms with Crippen molar-refractivity contribution >= 4 is 0 Å². The summed E-state index contributed by atoms with van der Waals surface area (Å²) in [5.41, 5.74) is 1.89. The van der Waals surface area contributed by atoms with E-state index in [1.807, 2.05) is 18.2 Å². The Morgan fingerprint density at radius 2 is 1.95 bits per heavy atom. The van der Waals surface area contributed by atoms with Crippen molar-refractivity contribution in [3.63, 3.8) is 0 Å². The molecule has 19 heavy (non-hydrogen) atoms. The van der Waals surface area contributed by atoms with Gasteiger partial charge in [-0.2, -0.15) is 5.26 Å². The number of hydrogen-bond donors (Lipinski definition) is 1. The van der Waals surface area contributed by atoms with Crippen molar-refractivity contribution in [2.75, 3.05) is 20.6 Å². The predicted octanol–water partition coefficient (Wildman–Crippen LogP) is 2.80. The zero-order valence-electron chi connectivity index (χ0n) is 12.6. The van der Waals surface area contributed by atoms with E-state index in [0.29, 0.717) is 12.0 Å². The van der Waals surface area contributed by atoms with Crippen molar-refractivity contribution in [3.8, 4) is 6.07 Å². The molecular formula is C16H25N3. The standard InChI is InChI=1S/C16H25N3/c1-12(2)16(11-19(4)5)18-13(3)15-8-6-7-14(9-15)10-17/h6-9,12-13,16,18H,11H2,1-5H3. The van der Waals surface area contributed by atoms with Crippen LogP contribution in [0, 0.1) is 17.2 Å². The predicted molar refractivity (Wildman–Crippen MR) is 79.9 cm³/mol. The second-order valence-electron chi connectivity index (χ2n) is 5.74. The first-order chi connectivity index (χ1) is 8.93. The van der Waals surface area contributed by atoms with Crippen LogP contribution in [0.25, 0.3) is 0 Å². The second-order valence-corrected chi connectivity index (χ2v) is 5.74. The van der Waals surface area contributed by atoms with Crippen molar-refractivity contribution in [1.82, 2.24) is 10.2 Å². The van der Waals surface area contributed by atoms with E-state index < -0.39 is 0 Å². The molecule has 0 saturated heterocycles. The highest BCUT2D eigenvalue weighted by atomic mass is 15.1. The fourth-order valence-corrected chi connectivity index (χ4v) is 2.14. The Balaban J connectivity index is 2.75. The summed E-state index contributed by atoms with van der Waals surface area (Å²) in [5.74, 6) is 0.573. The molecule has 3 nitrogen and oxygen atoms in total. The smallest absolute Gasteiger partial charge is 0.0991 e. The van der Waals surface area contributed by atoms with Crippen molar-refractivity contribution in [2.24, 2.45) is 5.92 Å². The molecule has 104 valence electrons. The molecule has 1 aromatic carbocycles. The van der Waals surface area contributed by atoms with Crippen LogP contribution in [0.4, 0.5) is 0 Å². The van der Waals surface area contributed by atoms with Gasteiger partial charge in [0.2, 0.25) is 0 Å². The van der Waals surface area contributed by atoms with Gasteiger partial charge in [0, 0.05) is 18.6 Å². The number of nitriles is 1. The molecule has 0 aliphatic rings. The van der Waals surface area contributed by atoms with E-state index in [0.717, 1.165) is 12.1 Å². The Bertz CT molecular complexity index is 432. The van der Waals surface area contributed by atoms with Crippen LogP contribution in [0.1, 0.15) is 37.9 Å². The minimum atomic E-state index is 0.251. The van der Waals surface area contributed by atoms with Gasteiger partial charge in [0.25, 0.3) is 0 Å². The Labute approximate surface area is 117 Å². The van der Waals surface area contributed by atoms with E-state index in [1.54, 1.807) is 0 Å². The van der Waals surface area contributed by atoms with Gasteiger partial charge in [0.1, 0.15) is 0 Å². The largest absolute Gasteiger partial charge is 0.308 e. The summed E-state index contributed by atoms with van der Waals surface area (Å²) in [6, 6.07) is 10.7. The summed E-state index contributed by atoms with van der Waals surface area (Å²) in [7, 11) is 4.19. The van der Waals surface area contributed by atoms with Crippen LogP contribution in [0.15, 0.2) is 24.3 Å². The van der Waals surface area contributed by atoms with Gasteiger partial charge >= 0.3 is 0 Å². The molecule has 0 bridgehead atoms. The molecule has 0 heterocycles. The van der Waals surface area contributed by atoms with Crippen molar-refractivity contribution in [2.45, 2.75) is 32.9 Å². The minimum absolute atomic E-state index is 0.251. The van der Waals surface area contributed by atoms with Crippen molar-refractivity contribution in [1.29, 1.82) is 5.26 Å². The number of nitrogens with one attached hydrogen (secondary N) is 1. The van der Waals surface area contributed by atoms with Gasteiger partial charge in [0.15, 0.2) is 0 Å². The van der Waals surface area contributed by atoms with E-state index in [9.17, 15) is 0 Å². The Morgan fingerprint density at radius 1 is 1.26 bits per heavy atom. The van der Waals surface area contributed by atoms with Gasteiger partial charge in [-0.25, -0.2) is 0 Å². The second kappa shape index (κ2) is 7.28. The SMILES string of the molecule is CC(NC(CN(C)C)C(C)C)c1cccc(C#N)c1. The van der Waals surface area contributed by atoms with E-state index in [4.69, 9.17) is 5.26 Å². The van der Waals surface area contributed by atoms with Gasteiger partial charge in [0.05, 0.1) is 11.6 Å². The van der Waals surface area contributed by atoms with Crippen molar-refractivity contribution < 1.29 is 0 Å². The molecule has 0 saturated carbocycles. The van der Waals surface area contributed by atoms with E-state index in [-0.39, 0.29) is 6.04 Å². The first-order valence-electron chi connectivity index (χ1n) is 6.85. The lowest BCUT2D eigenvalue weighted by molar-refractivity contribution is 0.273. The van der Waals surface area contributed by atoms with E-state index >= 15 is 0 Å². The lowest BCUT2D eigenvalue weighted by Crippen LogP contribution is -2.43. The van der Waals surface area contributed by atoms with Crippen molar-refractivity contribution in [3.05, 3.63) is 35.4 Å². The van der Waals surface area contributed by atoms with Crippen LogP contribution in [0.5, 0.6) is 0 Å². The Morgan fingerprint density at radius 3 is 2.47 bits per heavy atom. The third kappa shape index (κ3) is 5.02. The number of nitrogens with zero attached hydrogens (tertiary/aromatic N) is 2. The van der Waals surface area contributed by atoms with Crippen LogP contribution in [-0.4, -0.2) is 31.6 Å². The van der Waals surface area contributed by atoms with Gasteiger partial charge in [-0.3, -0.25) is 0 Å². The van der Waals surface area contributed by atoms with Gasteiger partial charge < -0.3 is 10.2 Å². The number of hydrogen-bond acceptors (Lipinski definition) is 3. The number of benzene rings is 1.